The number of carbonyl (C=O) groups excluding carboxylic acids is 2. The third kappa shape index (κ3) is 2.23. The van der Waals surface area contributed by atoms with Gasteiger partial charge in [-0.15, -0.1) is 0 Å². The SMILES string of the molecule is COCCN1C(=O)C[C@@H]2[C@H]1CCN2C(=O)c1ccsc1. The van der Waals surface area contributed by atoms with E-state index in [1.807, 2.05) is 26.6 Å². The number of methoxy groups -OCH3 is 1. The smallest absolute Gasteiger partial charge is 0.255 e. The van der Waals surface area contributed by atoms with Gasteiger partial charge in [-0.1, -0.05) is 0 Å². The molecule has 108 valence electrons. The van der Waals surface area contributed by atoms with Crippen LogP contribution in [0.15, 0.2) is 16.8 Å². The van der Waals surface area contributed by atoms with E-state index in [1.165, 1.54) is 11.3 Å². The van der Waals surface area contributed by atoms with Crippen molar-refractivity contribution in [3.8, 4) is 0 Å². The molecule has 2 aliphatic heterocycles. The zero-order valence-corrected chi connectivity index (χ0v) is 12.3. The van der Waals surface area contributed by atoms with Crippen LogP contribution in [-0.4, -0.2) is 60.5 Å². The molecule has 5 nitrogen and oxygen atoms in total. The molecule has 3 heterocycles. The van der Waals surface area contributed by atoms with Crippen molar-refractivity contribution in [2.75, 3.05) is 26.8 Å². The Morgan fingerprint density at radius 1 is 1.50 bits per heavy atom. The van der Waals surface area contributed by atoms with Crippen molar-refractivity contribution in [2.45, 2.75) is 24.9 Å². The van der Waals surface area contributed by atoms with Gasteiger partial charge in [0.2, 0.25) is 5.91 Å². The summed E-state index contributed by atoms with van der Waals surface area (Å²) in [5.74, 6) is 0.194. The summed E-state index contributed by atoms with van der Waals surface area (Å²) in [5, 5.41) is 3.78. The number of nitrogens with zero attached hydrogens (tertiary/aromatic N) is 2. The maximum Gasteiger partial charge on any atom is 0.255 e. The Hall–Kier alpha value is -1.40. The van der Waals surface area contributed by atoms with Crippen molar-refractivity contribution in [3.63, 3.8) is 0 Å². The molecule has 0 radical (unpaired) electrons. The molecule has 1 aromatic heterocycles. The fourth-order valence-corrected chi connectivity index (χ4v) is 3.84. The van der Waals surface area contributed by atoms with E-state index in [0.29, 0.717) is 19.6 Å². The topological polar surface area (TPSA) is 49.9 Å². The summed E-state index contributed by atoms with van der Waals surface area (Å²) in [7, 11) is 1.64. The van der Waals surface area contributed by atoms with Crippen LogP contribution in [0.25, 0.3) is 0 Å². The Bertz CT molecular complexity index is 503. The Morgan fingerprint density at radius 3 is 3.05 bits per heavy atom. The van der Waals surface area contributed by atoms with Crippen LogP contribution in [-0.2, 0) is 9.53 Å². The highest BCUT2D eigenvalue weighted by Gasteiger charge is 2.48. The zero-order chi connectivity index (χ0) is 14.1. The number of ether oxygens (including phenoxy) is 1. The second-order valence-corrected chi connectivity index (χ2v) is 6.00. The molecule has 0 bridgehead atoms. The number of hydrogen-bond donors (Lipinski definition) is 0. The van der Waals surface area contributed by atoms with Crippen LogP contribution in [0.4, 0.5) is 0 Å². The summed E-state index contributed by atoms with van der Waals surface area (Å²) in [6, 6.07) is 2.05. The van der Waals surface area contributed by atoms with E-state index in [4.69, 9.17) is 4.74 Å². The number of fused-ring (bicyclic) bond motifs is 1. The highest BCUT2D eigenvalue weighted by molar-refractivity contribution is 7.08. The summed E-state index contributed by atoms with van der Waals surface area (Å²) in [6.07, 6.45) is 1.32. The van der Waals surface area contributed by atoms with Crippen molar-refractivity contribution in [2.24, 2.45) is 0 Å². The molecule has 2 amide bonds. The number of amides is 2. The van der Waals surface area contributed by atoms with Crippen molar-refractivity contribution in [3.05, 3.63) is 22.4 Å². The maximum atomic E-state index is 12.5. The highest BCUT2D eigenvalue weighted by Crippen LogP contribution is 2.33. The molecule has 2 atom stereocenters. The van der Waals surface area contributed by atoms with Gasteiger partial charge in [0.15, 0.2) is 0 Å². The average molecular weight is 294 g/mol. The minimum Gasteiger partial charge on any atom is -0.383 e. The fourth-order valence-electron chi connectivity index (χ4n) is 3.21. The van der Waals surface area contributed by atoms with Gasteiger partial charge in [0, 0.05) is 32.0 Å². The average Bonchev–Trinajstić information content (AvgIpc) is 3.12. The Morgan fingerprint density at radius 2 is 2.35 bits per heavy atom. The molecular formula is C14H18N2O3S. The molecule has 6 heteroatoms. The van der Waals surface area contributed by atoms with E-state index in [-0.39, 0.29) is 23.9 Å². The number of hydrogen-bond acceptors (Lipinski definition) is 4. The predicted octanol–water partition coefficient (Wildman–Crippen LogP) is 1.21. The van der Waals surface area contributed by atoms with Gasteiger partial charge in [-0.3, -0.25) is 9.59 Å². The van der Waals surface area contributed by atoms with Gasteiger partial charge < -0.3 is 14.5 Å². The summed E-state index contributed by atoms with van der Waals surface area (Å²) >= 11 is 1.52. The lowest BCUT2D eigenvalue weighted by atomic mass is 10.1. The quantitative estimate of drug-likeness (QED) is 0.838. The fraction of sp³-hybridized carbons (Fsp3) is 0.571. The molecule has 2 fully saturated rings. The predicted molar refractivity (Wildman–Crippen MR) is 75.8 cm³/mol. The van der Waals surface area contributed by atoms with Gasteiger partial charge in [-0.25, -0.2) is 0 Å². The first-order valence-corrected chi connectivity index (χ1v) is 7.78. The van der Waals surface area contributed by atoms with Crippen LogP contribution in [0.2, 0.25) is 0 Å². The molecule has 2 saturated heterocycles. The third-order valence-electron chi connectivity index (χ3n) is 4.18. The van der Waals surface area contributed by atoms with Crippen LogP contribution >= 0.6 is 11.3 Å². The molecule has 0 unspecified atom stereocenters. The second-order valence-electron chi connectivity index (χ2n) is 5.22. The third-order valence-corrected chi connectivity index (χ3v) is 4.86. The number of likely N-dealkylation sites (tertiary alicyclic amines) is 2. The maximum absolute atomic E-state index is 12.5. The lowest BCUT2D eigenvalue weighted by Crippen LogP contribution is -2.40. The van der Waals surface area contributed by atoms with E-state index < -0.39 is 0 Å². The van der Waals surface area contributed by atoms with E-state index in [0.717, 1.165) is 18.5 Å². The summed E-state index contributed by atoms with van der Waals surface area (Å²) in [4.78, 5) is 28.3. The van der Waals surface area contributed by atoms with Gasteiger partial charge in [0.25, 0.3) is 5.91 Å². The first-order valence-electron chi connectivity index (χ1n) is 6.84. The minimum absolute atomic E-state index is 0.0340. The summed E-state index contributed by atoms with van der Waals surface area (Å²) < 4.78 is 5.06. The molecular weight excluding hydrogens is 276 g/mol. The monoisotopic (exact) mass is 294 g/mol. The molecule has 0 aliphatic carbocycles. The summed E-state index contributed by atoms with van der Waals surface area (Å²) in [5.41, 5.74) is 0.735. The zero-order valence-electron chi connectivity index (χ0n) is 11.4. The number of rotatable bonds is 4. The van der Waals surface area contributed by atoms with Crippen molar-refractivity contribution >= 4 is 23.2 Å². The van der Waals surface area contributed by atoms with Crippen LogP contribution in [0, 0.1) is 0 Å². The van der Waals surface area contributed by atoms with Gasteiger partial charge >= 0.3 is 0 Å². The van der Waals surface area contributed by atoms with E-state index in [1.54, 1.807) is 7.11 Å². The van der Waals surface area contributed by atoms with Gasteiger partial charge in [0.05, 0.1) is 24.3 Å². The Kier molecular flexibility index (Phi) is 3.76. The van der Waals surface area contributed by atoms with Crippen molar-refractivity contribution in [1.82, 2.24) is 9.80 Å². The van der Waals surface area contributed by atoms with Crippen molar-refractivity contribution < 1.29 is 14.3 Å². The molecule has 0 spiro atoms. The minimum atomic E-state index is 0.0340. The van der Waals surface area contributed by atoms with Gasteiger partial charge in [-0.05, 0) is 17.9 Å². The van der Waals surface area contributed by atoms with Gasteiger partial charge in [0.1, 0.15) is 0 Å². The molecule has 0 aromatic carbocycles. The Balaban J connectivity index is 1.73. The van der Waals surface area contributed by atoms with Crippen LogP contribution in [0.1, 0.15) is 23.2 Å². The largest absolute Gasteiger partial charge is 0.383 e. The molecule has 0 saturated carbocycles. The first kappa shape index (κ1) is 13.6. The highest BCUT2D eigenvalue weighted by atomic mass is 32.1. The molecule has 1 aromatic rings. The van der Waals surface area contributed by atoms with E-state index in [9.17, 15) is 9.59 Å². The van der Waals surface area contributed by atoms with Crippen LogP contribution < -0.4 is 0 Å². The van der Waals surface area contributed by atoms with Crippen molar-refractivity contribution in [1.29, 1.82) is 0 Å². The second kappa shape index (κ2) is 5.54. The molecule has 3 rings (SSSR count). The number of carbonyl (C=O) groups is 2. The number of thiophene rings is 1. The first-order chi connectivity index (χ1) is 9.72. The normalized spacial score (nSPS) is 25.4. The molecule has 0 N–H and O–H groups in total. The van der Waals surface area contributed by atoms with E-state index in [2.05, 4.69) is 0 Å². The van der Waals surface area contributed by atoms with Crippen LogP contribution in [0.5, 0.6) is 0 Å². The van der Waals surface area contributed by atoms with Crippen LogP contribution in [0.3, 0.4) is 0 Å². The lowest BCUT2D eigenvalue weighted by Gasteiger charge is -2.25. The molecule has 2 aliphatic rings. The Labute approximate surface area is 122 Å². The molecule has 20 heavy (non-hydrogen) atoms. The lowest BCUT2D eigenvalue weighted by molar-refractivity contribution is -0.129. The standard InChI is InChI=1S/C14H18N2O3S/c1-19-6-5-15-11-2-4-16(12(11)8-13(15)17)14(18)10-3-7-20-9-10/h3,7,9,11-12H,2,4-6,8H2,1H3/t11-,12-/m1/s1. The summed E-state index contributed by atoms with van der Waals surface area (Å²) in [6.45, 7) is 1.91. The van der Waals surface area contributed by atoms with E-state index >= 15 is 0 Å². The van der Waals surface area contributed by atoms with Gasteiger partial charge in [-0.2, -0.15) is 11.3 Å².